The molecule has 3 heterocycles. The van der Waals surface area contributed by atoms with Crippen molar-refractivity contribution in [3.8, 4) is 17.2 Å². The van der Waals surface area contributed by atoms with E-state index in [4.69, 9.17) is 0 Å². The molecule has 1 aliphatic rings. The average Bonchev–Trinajstić information content (AvgIpc) is 3.56. The number of pyridine rings is 1. The summed E-state index contributed by atoms with van der Waals surface area (Å²) in [6.07, 6.45) is 0.394. The second-order valence-corrected chi connectivity index (χ2v) is 12.3. The number of nitrogens with zero attached hydrogens (tertiary/aromatic N) is 7. The van der Waals surface area contributed by atoms with Gasteiger partial charge in [0, 0.05) is 38.7 Å². The topological polar surface area (TPSA) is 167 Å². The Morgan fingerprint density at radius 1 is 1.19 bits per heavy atom. The third-order valence-corrected chi connectivity index (χ3v) is 9.74. The summed E-state index contributed by atoms with van der Waals surface area (Å²) in [5.41, 5.74) is 1.27. The van der Waals surface area contributed by atoms with Crippen LogP contribution < -0.4 is 10.2 Å². The zero-order valence-electron chi connectivity index (χ0n) is 23.4. The summed E-state index contributed by atoms with van der Waals surface area (Å²) in [5.74, 6) is 0.237. The Morgan fingerprint density at radius 3 is 2.50 bits per heavy atom. The lowest BCUT2D eigenvalue weighted by atomic mass is 9.97. The molecule has 0 unspecified atom stereocenters. The second kappa shape index (κ2) is 10.5. The molecule has 2 aromatic heterocycles. The van der Waals surface area contributed by atoms with Crippen LogP contribution >= 0.6 is 0 Å². The number of fused-ring (bicyclic) bond motifs is 1. The van der Waals surface area contributed by atoms with Gasteiger partial charge in [0.2, 0.25) is 21.9 Å². The van der Waals surface area contributed by atoms with Gasteiger partial charge in [0.1, 0.15) is 17.5 Å². The molecular formula is C28H28N8O5S. The van der Waals surface area contributed by atoms with E-state index >= 15 is 0 Å². The van der Waals surface area contributed by atoms with Gasteiger partial charge in [0.25, 0.3) is 5.69 Å². The number of hydrogen-bond donors (Lipinski definition) is 1. The van der Waals surface area contributed by atoms with Crippen molar-refractivity contribution in [3.63, 3.8) is 0 Å². The fraction of sp³-hybridized carbons (Fsp3) is 0.286. The maximum absolute atomic E-state index is 13.7. The number of carbonyl (C=O) groups is 1. The first-order chi connectivity index (χ1) is 19.9. The van der Waals surface area contributed by atoms with Crippen LogP contribution in [0.2, 0.25) is 0 Å². The number of rotatable bonds is 7. The Bertz CT molecular complexity index is 1880. The quantitative estimate of drug-likeness (QED) is 0.250. The highest BCUT2D eigenvalue weighted by Gasteiger charge is 2.46. The number of nitrogens with one attached hydrogen (secondary N) is 1. The van der Waals surface area contributed by atoms with Crippen LogP contribution in [0.15, 0.2) is 59.5 Å². The molecule has 5 rings (SSSR count). The van der Waals surface area contributed by atoms with Crippen molar-refractivity contribution in [2.75, 3.05) is 30.4 Å². The third-order valence-electron chi connectivity index (χ3n) is 7.68. The highest BCUT2D eigenvalue weighted by atomic mass is 32.2. The lowest BCUT2D eigenvalue weighted by molar-refractivity contribution is -0.387. The van der Waals surface area contributed by atoms with E-state index in [0.29, 0.717) is 35.5 Å². The standard InChI is InChI=1S/C28H28N8O5S/c1-18-21(16-29)25-31-27(30-19(2)37)32-35(25)26(24(18)20-10-6-5-7-11-20)34-15-14-28(3,17-34)33(4)42(40,41)23-13-9-8-12-22(23)36(38)39/h5-13H,14-15,17H2,1-4H3,(H,30,32,37)/t28-/m0/s1. The Labute approximate surface area is 242 Å². The fourth-order valence-electron chi connectivity index (χ4n) is 5.42. The molecule has 1 aliphatic heterocycles. The summed E-state index contributed by atoms with van der Waals surface area (Å²) in [5, 5.41) is 28.8. The molecule has 1 N–H and O–H groups in total. The lowest BCUT2D eigenvalue weighted by Crippen LogP contribution is -2.49. The number of nitro groups is 1. The van der Waals surface area contributed by atoms with Crippen molar-refractivity contribution in [2.45, 2.75) is 37.6 Å². The molecule has 0 radical (unpaired) electrons. The molecule has 14 heteroatoms. The van der Waals surface area contributed by atoms with Gasteiger partial charge >= 0.3 is 0 Å². The monoisotopic (exact) mass is 588 g/mol. The predicted molar refractivity (Wildman–Crippen MR) is 155 cm³/mol. The first-order valence-electron chi connectivity index (χ1n) is 13.0. The van der Waals surface area contributed by atoms with Crippen molar-refractivity contribution in [1.82, 2.24) is 18.9 Å². The zero-order valence-corrected chi connectivity index (χ0v) is 24.2. The molecule has 0 spiro atoms. The van der Waals surface area contributed by atoms with Gasteiger partial charge in [0.05, 0.1) is 10.5 Å². The summed E-state index contributed by atoms with van der Waals surface area (Å²) in [7, 11) is -2.83. The van der Waals surface area contributed by atoms with E-state index < -0.39 is 26.2 Å². The number of hydrogen-bond acceptors (Lipinski definition) is 9. The van der Waals surface area contributed by atoms with Crippen LogP contribution in [0.4, 0.5) is 17.5 Å². The first kappa shape index (κ1) is 28.7. The molecule has 0 saturated carbocycles. The minimum Gasteiger partial charge on any atom is -0.354 e. The molecule has 42 heavy (non-hydrogen) atoms. The molecule has 1 fully saturated rings. The van der Waals surface area contributed by atoms with Crippen LogP contribution in [0.25, 0.3) is 16.8 Å². The highest BCUT2D eigenvalue weighted by molar-refractivity contribution is 7.89. The maximum atomic E-state index is 13.7. The van der Waals surface area contributed by atoms with Crippen LogP contribution in [0, 0.1) is 28.4 Å². The summed E-state index contributed by atoms with van der Waals surface area (Å²) >= 11 is 0. The van der Waals surface area contributed by atoms with Crippen molar-refractivity contribution in [3.05, 3.63) is 75.8 Å². The van der Waals surface area contributed by atoms with Gasteiger partial charge < -0.3 is 4.90 Å². The number of carbonyl (C=O) groups excluding carboxylic acids is 1. The third kappa shape index (κ3) is 4.72. The fourth-order valence-corrected chi connectivity index (χ4v) is 7.10. The van der Waals surface area contributed by atoms with Crippen molar-refractivity contribution < 1.29 is 18.1 Å². The molecular weight excluding hydrogens is 560 g/mol. The van der Waals surface area contributed by atoms with Crippen molar-refractivity contribution in [1.29, 1.82) is 5.26 Å². The predicted octanol–water partition coefficient (Wildman–Crippen LogP) is 3.73. The summed E-state index contributed by atoms with van der Waals surface area (Å²) in [6.45, 7) is 5.55. The van der Waals surface area contributed by atoms with E-state index in [1.807, 2.05) is 42.2 Å². The highest BCUT2D eigenvalue weighted by Crippen LogP contribution is 2.42. The molecule has 216 valence electrons. The number of anilines is 2. The molecule has 1 amide bonds. The second-order valence-electron chi connectivity index (χ2n) is 10.4. The smallest absolute Gasteiger partial charge is 0.289 e. The number of nitriles is 1. The van der Waals surface area contributed by atoms with Crippen molar-refractivity contribution in [2.24, 2.45) is 0 Å². The molecule has 1 atom stereocenters. The van der Waals surface area contributed by atoms with Crippen LogP contribution in [0.3, 0.4) is 0 Å². The minimum absolute atomic E-state index is 0.0305. The summed E-state index contributed by atoms with van der Waals surface area (Å²) in [6, 6.07) is 17.0. The average molecular weight is 589 g/mol. The maximum Gasteiger partial charge on any atom is 0.289 e. The van der Waals surface area contributed by atoms with Crippen LogP contribution in [-0.2, 0) is 14.8 Å². The van der Waals surface area contributed by atoms with Crippen LogP contribution in [-0.4, -0.2) is 63.8 Å². The normalized spacial score (nSPS) is 17.0. The Hall–Kier alpha value is -4.87. The van der Waals surface area contributed by atoms with E-state index in [0.717, 1.165) is 5.56 Å². The van der Waals surface area contributed by atoms with Crippen molar-refractivity contribution >= 4 is 39.0 Å². The lowest BCUT2D eigenvalue weighted by Gasteiger charge is -2.35. The van der Waals surface area contributed by atoms with Gasteiger partial charge in [-0.2, -0.15) is 19.1 Å². The zero-order chi connectivity index (χ0) is 30.4. The van der Waals surface area contributed by atoms with Gasteiger partial charge in [-0.05, 0) is 37.5 Å². The number of para-hydroxylation sites is 1. The number of sulfonamides is 1. The largest absolute Gasteiger partial charge is 0.354 e. The van der Waals surface area contributed by atoms with Gasteiger partial charge in [0.15, 0.2) is 10.5 Å². The number of nitro benzene ring substituents is 1. The number of benzene rings is 2. The van der Waals surface area contributed by atoms with Gasteiger partial charge in [-0.1, -0.05) is 42.5 Å². The van der Waals surface area contributed by atoms with Crippen LogP contribution in [0.1, 0.15) is 31.4 Å². The van der Waals surface area contributed by atoms with E-state index in [1.165, 1.54) is 47.1 Å². The van der Waals surface area contributed by atoms with E-state index in [-0.39, 0.29) is 28.9 Å². The van der Waals surface area contributed by atoms with Gasteiger partial charge in [-0.3, -0.25) is 20.2 Å². The van der Waals surface area contributed by atoms with E-state index in [1.54, 1.807) is 6.92 Å². The molecule has 0 aliphatic carbocycles. The van der Waals surface area contributed by atoms with Gasteiger partial charge in [-0.15, -0.1) is 5.10 Å². The molecule has 13 nitrogen and oxygen atoms in total. The summed E-state index contributed by atoms with van der Waals surface area (Å²) < 4.78 is 30.2. The minimum atomic E-state index is -4.26. The van der Waals surface area contributed by atoms with Gasteiger partial charge in [-0.25, -0.2) is 8.42 Å². The Morgan fingerprint density at radius 2 is 1.86 bits per heavy atom. The number of amides is 1. The number of likely N-dealkylation sites (N-methyl/N-ethyl adjacent to an activating group) is 1. The molecule has 0 bridgehead atoms. The SMILES string of the molecule is CC(=O)Nc1nc2c(C#N)c(C)c(-c3ccccc3)c(N3CC[C@](C)(N(C)S(=O)(=O)c4ccccc4[N+](=O)[O-])C3)n2n1. The Balaban J connectivity index is 1.66. The first-order valence-corrected chi connectivity index (χ1v) is 14.5. The van der Waals surface area contributed by atoms with E-state index in [2.05, 4.69) is 21.5 Å². The molecule has 1 saturated heterocycles. The number of aromatic nitrogens is 3. The van der Waals surface area contributed by atoms with E-state index in [9.17, 15) is 28.6 Å². The molecule has 2 aromatic carbocycles. The molecule has 4 aromatic rings. The Kier molecular flexibility index (Phi) is 7.17. The summed E-state index contributed by atoms with van der Waals surface area (Å²) in [4.78, 5) is 28.7. The van der Waals surface area contributed by atoms with Crippen LogP contribution in [0.5, 0.6) is 0 Å².